The lowest BCUT2D eigenvalue weighted by Crippen LogP contribution is -2.16. The van der Waals surface area contributed by atoms with E-state index in [9.17, 15) is 8.42 Å². The lowest BCUT2D eigenvalue weighted by atomic mass is 10.1. The molecule has 24 heavy (non-hydrogen) atoms. The van der Waals surface area contributed by atoms with Crippen LogP contribution in [0.5, 0.6) is 0 Å². The summed E-state index contributed by atoms with van der Waals surface area (Å²) >= 11 is 0. The monoisotopic (exact) mass is 348 g/mol. The number of hydrogen-bond acceptors (Lipinski definition) is 4. The number of nitrogens with one attached hydrogen (secondary N) is 2. The van der Waals surface area contributed by atoms with Crippen molar-refractivity contribution in [3.8, 4) is 0 Å². The van der Waals surface area contributed by atoms with Crippen LogP contribution in [0.4, 0.5) is 11.4 Å². The molecule has 0 spiro atoms. The summed E-state index contributed by atoms with van der Waals surface area (Å²) in [7, 11) is -1.97. The zero-order chi connectivity index (χ0) is 17.7. The maximum Gasteiger partial charge on any atom is 0.262 e. The van der Waals surface area contributed by atoms with Crippen LogP contribution in [0, 0.1) is 20.8 Å². The van der Waals surface area contributed by atoms with E-state index in [1.807, 2.05) is 45.0 Å². The SMILES string of the molecule is COCCNc1ccc(NS(=O)(=O)c2c(C)cc(C)cc2C)cc1. The first-order chi connectivity index (χ1) is 11.3. The Morgan fingerprint density at radius 2 is 1.50 bits per heavy atom. The Labute approximate surface area is 144 Å². The Hall–Kier alpha value is -2.05. The molecule has 6 heteroatoms. The average Bonchev–Trinajstić information content (AvgIpc) is 2.47. The van der Waals surface area contributed by atoms with E-state index in [0.29, 0.717) is 23.7 Å². The summed E-state index contributed by atoms with van der Waals surface area (Å²) in [6.07, 6.45) is 0. The third-order valence-electron chi connectivity index (χ3n) is 3.65. The molecule has 0 aliphatic carbocycles. The van der Waals surface area contributed by atoms with Gasteiger partial charge in [-0.2, -0.15) is 0 Å². The van der Waals surface area contributed by atoms with Crippen molar-refractivity contribution in [1.29, 1.82) is 0 Å². The fourth-order valence-corrected chi connectivity index (χ4v) is 4.26. The molecule has 0 saturated carbocycles. The molecule has 0 amide bonds. The zero-order valence-corrected chi connectivity index (χ0v) is 15.3. The molecule has 0 aromatic heterocycles. The van der Waals surface area contributed by atoms with Gasteiger partial charge in [0.15, 0.2) is 0 Å². The van der Waals surface area contributed by atoms with E-state index in [4.69, 9.17) is 4.74 Å². The molecule has 2 N–H and O–H groups in total. The smallest absolute Gasteiger partial charge is 0.262 e. The number of aryl methyl sites for hydroxylation is 3. The van der Waals surface area contributed by atoms with Crippen LogP contribution in [0.25, 0.3) is 0 Å². The van der Waals surface area contributed by atoms with Crippen LogP contribution in [0.2, 0.25) is 0 Å². The molecule has 0 fully saturated rings. The Morgan fingerprint density at radius 3 is 2.04 bits per heavy atom. The van der Waals surface area contributed by atoms with Gasteiger partial charge < -0.3 is 10.1 Å². The normalized spacial score (nSPS) is 11.3. The largest absolute Gasteiger partial charge is 0.383 e. The summed E-state index contributed by atoms with van der Waals surface area (Å²) in [5.41, 5.74) is 4.00. The predicted octanol–water partition coefficient (Wildman–Crippen LogP) is 3.47. The molecule has 0 atom stereocenters. The van der Waals surface area contributed by atoms with Crippen LogP contribution >= 0.6 is 0 Å². The second kappa shape index (κ2) is 7.68. The van der Waals surface area contributed by atoms with Gasteiger partial charge in [-0.3, -0.25) is 4.72 Å². The highest BCUT2D eigenvalue weighted by molar-refractivity contribution is 7.92. The van der Waals surface area contributed by atoms with E-state index in [1.54, 1.807) is 19.2 Å². The van der Waals surface area contributed by atoms with E-state index in [0.717, 1.165) is 22.4 Å². The quantitative estimate of drug-likeness (QED) is 0.752. The van der Waals surface area contributed by atoms with E-state index in [1.165, 1.54) is 0 Å². The molecule has 5 nitrogen and oxygen atoms in total. The van der Waals surface area contributed by atoms with Gasteiger partial charge in [-0.25, -0.2) is 8.42 Å². The van der Waals surface area contributed by atoms with Crippen molar-refractivity contribution in [2.24, 2.45) is 0 Å². The Kier molecular flexibility index (Phi) is 5.85. The van der Waals surface area contributed by atoms with Crippen LogP contribution in [0.1, 0.15) is 16.7 Å². The molecule has 0 aliphatic heterocycles. The minimum atomic E-state index is -3.62. The molecule has 2 aromatic carbocycles. The van der Waals surface area contributed by atoms with E-state index < -0.39 is 10.0 Å². The van der Waals surface area contributed by atoms with Gasteiger partial charge >= 0.3 is 0 Å². The molecule has 0 unspecified atom stereocenters. The number of methoxy groups -OCH3 is 1. The van der Waals surface area contributed by atoms with Gasteiger partial charge in [0.1, 0.15) is 0 Å². The van der Waals surface area contributed by atoms with Crippen molar-refractivity contribution in [2.45, 2.75) is 25.7 Å². The van der Waals surface area contributed by atoms with Gasteiger partial charge in [-0.05, 0) is 56.2 Å². The molecule has 2 rings (SSSR count). The van der Waals surface area contributed by atoms with Gasteiger partial charge in [0, 0.05) is 25.0 Å². The summed E-state index contributed by atoms with van der Waals surface area (Å²) < 4.78 is 33.0. The molecule has 0 radical (unpaired) electrons. The van der Waals surface area contributed by atoms with Gasteiger partial charge in [-0.1, -0.05) is 17.7 Å². The summed E-state index contributed by atoms with van der Waals surface area (Å²) in [5.74, 6) is 0. The minimum absolute atomic E-state index is 0.343. The molecule has 0 heterocycles. The first kappa shape index (κ1) is 18.3. The van der Waals surface area contributed by atoms with Gasteiger partial charge in [0.25, 0.3) is 10.0 Å². The first-order valence-corrected chi connectivity index (χ1v) is 9.25. The third-order valence-corrected chi connectivity index (χ3v) is 5.33. The van der Waals surface area contributed by atoms with E-state index in [-0.39, 0.29) is 0 Å². The van der Waals surface area contributed by atoms with Gasteiger partial charge in [-0.15, -0.1) is 0 Å². The van der Waals surface area contributed by atoms with Crippen LogP contribution in [0.15, 0.2) is 41.3 Å². The van der Waals surface area contributed by atoms with Crippen LogP contribution in [-0.2, 0) is 14.8 Å². The molecular formula is C18H24N2O3S. The van der Waals surface area contributed by atoms with Crippen LogP contribution < -0.4 is 10.0 Å². The van der Waals surface area contributed by atoms with Crippen molar-refractivity contribution in [3.63, 3.8) is 0 Å². The minimum Gasteiger partial charge on any atom is -0.383 e. The average molecular weight is 348 g/mol. The lowest BCUT2D eigenvalue weighted by molar-refractivity contribution is 0.211. The fraction of sp³-hybridized carbons (Fsp3) is 0.333. The number of rotatable bonds is 7. The van der Waals surface area contributed by atoms with E-state index in [2.05, 4.69) is 10.0 Å². The Morgan fingerprint density at radius 1 is 0.958 bits per heavy atom. The topological polar surface area (TPSA) is 67.4 Å². The highest BCUT2D eigenvalue weighted by Gasteiger charge is 2.19. The lowest BCUT2D eigenvalue weighted by Gasteiger charge is -2.14. The maximum absolute atomic E-state index is 12.7. The standard InChI is InChI=1S/C18H24N2O3S/c1-13-11-14(2)18(15(3)12-13)24(21,22)20-17-7-5-16(6-8-17)19-9-10-23-4/h5-8,11-12,19-20H,9-10H2,1-4H3. The van der Waals surface area contributed by atoms with Crippen molar-refractivity contribution in [1.82, 2.24) is 0 Å². The number of anilines is 2. The number of sulfonamides is 1. The summed E-state index contributed by atoms with van der Waals surface area (Å²) in [6.45, 7) is 6.90. The first-order valence-electron chi connectivity index (χ1n) is 7.77. The third kappa shape index (κ3) is 4.49. The number of hydrogen-bond donors (Lipinski definition) is 2. The van der Waals surface area contributed by atoms with Crippen LogP contribution in [-0.4, -0.2) is 28.7 Å². The van der Waals surface area contributed by atoms with Crippen molar-refractivity contribution >= 4 is 21.4 Å². The highest BCUT2D eigenvalue weighted by Crippen LogP contribution is 2.24. The van der Waals surface area contributed by atoms with Gasteiger partial charge in [0.05, 0.1) is 11.5 Å². The predicted molar refractivity (Wildman–Crippen MR) is 98.3 cm³/mol. The number of benzene rings is 2. The summed E-state index contributed by atoms with van der Waals surface area (Å²) in [5, 5.41) is 3.19. The Bertz CT molecular complexity index is 777. The highest BCUT2D eigenvalue weighted by atomic mass is 32.2. The molecule has 0 saturated heterocycles. The van der Waals surface area contributed by atoms with Crippen molar-refractivity contribution in [2.75, 3.05) is 30.3 Å². The maximum atomic E-state index is 12.7. The molecule has 2 aromatic rings. The molecule has 0 bridgehead atoms. The second-order valence-corrected chi connectivity index (χ2v) is 7.45. The van der Waals surface area contributed by atoms with Crippen molar-refractivity contribution in [3.05, 3.63) is 53.1 Å². The number of ether oxygens (including phenoxy) is 1. The van der Waals surface area contributed by atoms with Gasteiger partial charge in [0.2, 0.25) is 0 Å². The summed E-state index contributed by atoms with van der Waals surface area (Å²) in [6, 6.07) is 10.9. The van der Waals surface area contributed by atoms with Crippen molar-refractivity contribution < 1.29 is 13.2 Å². The second-order valence-electron chi connectivity index (χ2n) is 5.83. The Balaban J connectivity index is 2.18. The fourth-order valence-electron chi connectivity index (χ4n) is 2.75. The molecule has 0 aliphatic rings. The summed E-state index contributed by atoms with van der Waals surface area (Å²) in [4.78, 5) is 0.343. The van der Waals surface area contributed by atoms with Crippen LogP contribution in [0.3, 0.4) is 0 Å². The zero-order valence-electron chi connectivity index (χ0n) is 14.5. The molecule has 130 valence electrons. The van der Waals surface area contributed by atoms with E-state index >= 15 is 0 Å². The molecular weight excluding hydrogens is 324 g/mol.